The molecule has 0 aliphatic rings. The van der Waals surface area contributed by atoms with E-state index in [2.05, 4.69) is 24.2 Å². The third-order valence-corrected chi connectivity index (χ3v) is 2.62. The highest BCUT2D eigenvalue weighted by Crippen LogP contribution is 2.02. The van der Waals surface area contributed by atoms with Crippen LogP contribution in [0.5, 0.6) is 0 Å². The van der Waals surface area contributed by atoms with Crippen LogP contribution in [0.15, 0.2) is 29.3 Å². The van der Waals surface area contributed by atoms with Crippen molar-refractivity contribution < 1.29 is 4.39 Å². The monoisotopic (exact) mass is 251 g/mol. The van der Waals surface area contributed by atoms with Crippen molar-refractivity contribution in [2.24, 2.45) is 16.6 Å². The number of nitrogens with two attached hydrogens (primary N) is 1. The summed E-state index contributed by atoms with van der Waals surface area (Å²) in [5.41, 5.74) is 6.81. The van der Waals surface area contributed by atoms with Crippen molar-refractivity contribution >= 4 is 5.96 Å². The van der Waals surface area contributed by atoms with Crippen molar-refractivity contribution in [2.75, 3.05) is 13.1 Å². The van der Waals surface area contributed by atoms with Crippen LogP contribution in [0.25, 0.3) is 0 Å². The van der Waals surface area contributed by atoms with Gasteiger partial charge in [0.05, 0.1) is 0 Å². The van der Waals surface area contributed by atoms with Gasteiger partial charge in [0.25, 0.3) is 0 Å². The van der Waals surface area contributed by atoms with Crippen molar-refractivity contribution in [3.8, 4) is 0 Å². The molecular formula is C14H22FN3. The van der Waals surface area contributed by atoms with Crippen molar-refractivity contribution in [3.05, 3.63) is 35.6 Å². The maximum Gasteiger partial charge on any atom is 0.188 e. The van der Waals surface area contributed by atoms with Crippen molar-refractivity contribution in [2.45, 2.75) is 26.7 Å². The molecule has 3 nitrogen and oxygen atoms in total. The molecule has 4 heteroatoms. The van der Waals surface area contributed by atoms with Crippen LogP contribution >= 0.6 is 0 Å². The Labute approximate surface area is 108 Å². The number of halogens is 1. The molecule has 0 amide bonds. The molecule has 1 aromatic carbocycles. The lowest BCUT2D eigenvalue weighted by atomic mass is 10.1. The van der Waals surface area contributed by atoms with Crippen molar-refractivity contribution in [1.82, 2.24) is 5.32 Å². The summed E-state index contributed by atoms with van der Waals surface area (Å²) in [6.45, 7) is 5.79. The first kappa shape index (κ1) is 14.5. The van der Waals surface area contributed by atoms with Crippen LogP contribution in [0.2, 0.25) is 0 Å². The quantitative estimate of drug-likeness (QED) is 0.602. The van der Waals surface area contributed by atoms with Gasteiger partial charge in [0.2, 0.25) is 0 Å². The Balaban J connectivity index is 2.22. The Kier molecular flexibility index (Phi) is 6.19. The lowest BCUT2D eigenvalue weighted by Crippen LogP contribution is -2.33. The predicted molar refractivity (Wildman–Crippen MR) is 74.1 cm³/mol. The molecule has 0 aromatic heterocycles. The predicted octanol–water partition coefficient (Wildman–Crippen LogP) is 2.32. The molecule has 0 aliphatic carbocycles. The van der Waals surface area contributed by atoms with Gasteiger partial charge >= 0.3 is 0 Å². The molecule has 0 heterocycles. The maximum absolute atomic E-state index is 12.7. The summed E-state index contributed by atoms with van der Waals surface area (Å²) in [6.07, 6.45) is 1.85. The van der Waals surface area contributed by atoms with Crippen LogP contribution in [-0.2, 0) is 6.42 Å². The van der Waals surface area contributed by atoms with Gasteiger partial charge in [0.1, 0.15) is 5.82 Å². The highest BCUT2D eigenvalue weighted by molar-refractivity contribution is 5.77. The summed E-state index contributed by atoms with van der Waals surface area (Å²) in [5.74, 6) is 0.917. The fourth-order valence-corrected chi connectivity index (χ4v) is 1.49. The molecular weight excluding hydrogens is 229 g/mol. The SMILES string of the molecule is CC(C)CCN=C(N)NCCc1ccc(F)cc1. The summed E-state index contributed by atoms with van der Waals surface area (Å²) in [7, 11) is 0. The molecule has 18 heavy (non-hydrogen) atoms. The zero-order chi connectivity index (χ0) is 13.4. The molecule has 0 saturated heterocycles. The molecule has 0 spiro atoms. The number of benzene rings is 1. The number of hydrogen-bond donors (Lipinski definition) is 2. The summed E-state index contributed by atoms with van der Waals surface area (Å²) < 4.78 is 12.7. The summed E-state index contributed by atoms with van der Waals surface area (Å²) in [6, 6.07) is 6.50. The number of rotatable bonds is 6. The van der Waals surface area contributed by atoms with Crippen molar-refractivity contribution in [1.29, 1.82) is 0 Å². The number of nitrogens with zero attached hydrogens (tertiary/aromatic N) is 1. The minimum absolute atomic E-state index is 0.207. The van der Waals surface area contributed by atoms with Crippen LogP contribution < -0.4 is 11.1 Å². The molecule has 1 aromatic rings. The first-order valence-electron chi connectivity index (χ1n) is 6.36. The van der Waals surface area contributed by atoms with Crippen LogP contribution in [0.4, 0.5) is 4.39 Å². The second-order valence-electron chi connectivity index (χ2n) is 4.75. The van der Waals surface area contributed by atoms with Crippen LogP contribution in [-0.4, -0.2) is 19.0 Å². The fourth-order valence-electron chi connectivity index (χ4n) is 1.49. The Morgan fingerprint density at radius 2 is 2.00 bits per heavy atom. The summed E-state index contributed by atoms with van der Waals surface area (Å²) in [4.78, 5) is 4.23. The van der Waals surface area contributed by atoms with E-state index < -0.39 is 0 Å². The standard InChI is InChI=1S/C14H22FN3/c1-11(2)7-9-17-14(16)18-10-8-12-3-5-13(15)6-4-12/h3-6,11H,7-10H2,1-2H3,(H3,16,17,18). The number of hydrogen-bond acceptors (Lipinski definition) is 1. The molecule has 100 valence electrons. The van der Waals surface area contributed by atoms with Gasteiger partial charge in [-0.25, -0.2) is 4.39 Å². The van der Waals surface area contributed by atoms with E-state index in [9.17, 15) is 4.39 Å². The van der Waals surface area contributed by atoms with Gasteiger partial charge in [-0.3, -0.25) is 4.99 Å². The Hall–Kier alpha value is -1.58. The summed E-state index contributed by atoms with van der Waals surface area (Å²) in [5, 5.41) is 3.05. The lowest BCUT2D eigenvalue weighted by Gasteiger charge is -2.06. The smallest absolute Gasteiger partial charge is 0.188 e. The van der Waals surface area contributed by atoms with Gasteiger partial charge < -0.3 is 11.1 Å². The Morgan fingerprint density at radius 1 is 1.33 bits per heavy atom. The number of nitrogens with one attached hydrogen (secondary N) is 1. The topological polar surface area (TPSA) is 50.4 Å². The largest absolute Gasteiger partial charge is 0.370 e. The second kappa shape index (κ2) is 7.69. The van der Waals surface area contributed by atoms with Crippen molar-refractivity contribution in [3.63, 3.8) is 0 Å². The second-order valence-corrected chi connectivity index (χ2v) is 4.75. The molecule has 0 aliphatic heterocycles. The number of aliphatic imine (C=N–C) groups is 1. The van der Waals surface area contributed by atoms with Gasteiger partial charge in [-0.15, -0.1) is 0 Å². The average Bonchev–Trinajstić information content (AvgIpc) is 2.31. The number of guanidine groups is 1. The minimum atomic E-state index is -0.207. The van der Waals surface area contributed by atoms with Gasteiger partial charge in [-0.2, -0.15) is 0 Å². The Bertz CT molecular complexity index is 371. The van der Waals surface area contributed by atoms with E-state index in [0.29, 0.717) is 18.4 Å². The van der Waals surface area contributed by atoms with Gasteiger partial charge in [0, 0.05) is 13.1 Å². The van der Waals surface area contributed by atoms with Crippen LogP contribution in [0.3, 0.4) is 0 Å². The van der Waals surface area contributed by atoms with E-state index in [4.69, 9.17) is 5.73 Å². The molecule has 0 fully saturated rings. The molecule has 0 unspecified atom stereocenters. The van der Waals surface area contributed by atoms with Crippen LogP contribution in [0, 0.1) is 11.7 Å². The normalized spacial score (nSPS) is 11.9. The highest BCUT2D eigenvalue weighted by Gasteiger charge is 1.96. The third-order valence-electron chi connectivity index (χ3n) is 2.62. The van der Waals surface area contributed by atoms with Gasteiger partial charge in [-0.1, -0.05) is 26.0 Å². The minimum Gasteiger partial charge on any atom is -0.370 e. The first-order chi connectivity index (χ1) is 8.58. The van der Waals surface area contributed by atoms with E-state index in [1.807, 2.05) is 0 Å². The zero-order valence-corrected chi connectivity index (χ0v) is 11.1. The zero-order valence-electron chi connectivity index (χ0n) is 11.1. The molecule has 0 atom stereocenters. The van der Waals surface area contributed by atoms with Gasteiger partial charge in [0.15, 0.2) is 5.96 Å². The lowest BCUT2D eigenvalue weighted by molar-refractivity contribution is 0.595. The average molecular weight is 251 g/mol. The molecule has 0 radical (unpaired) electrons. The van der Waals surface area contributed by atoms with Gasteiger partial charge in [-0.05, 0) is 36.5 Å². The first-order valence-corrected chi connectivity index (χ1v) is 6.36. The molecule has 1 rings (SSSR count). The van der Waals surface area contributed by atoms with E-state index in [0.717, 1.165) is 24.9 Å². The molecule has 0 saturated carbocycles. The molecule has 3 N–H and O–H groups in total. The fraction of sp³-hybridized carbons (Fsp3) is 0.500. The molecule has 0 bridgehead atoms. The highest BCUT2D eigenvalue weighted by atomic mass is 19.1. The Morgan fingerprint density at radius 3 is 2.61 bits per heavy atom. The van der Waals surface area contributed by atoms with Crippen LogP contribution in [0.1, 0.15) is 25.8 Å². The van der Waals surface area contributed by atoms with E-state index in [1.54, 1.807) is 12.1 Å². The maximum atomic E-state index is 12.7. The van der Waals surface area contributed by atoms with E-state index in [1.165, 1.54) is 12.1 Å². The third kappa shape index (κ3) is 6.23. The van der Waals surface area contributed by atoms with E-state index >= 15 is 0 Å². The summed E-state index contributed by atoms with van der Waals surface area (Å²) >= 11 is 0. The van der Waals surface area contributed by atoms with E-state index in [-0.39, 0.29) is 5.82 Å².